The molecular formula is C10H7Cl2NO. The third-order valence-electron chi connectivity index (χ3n) is 1.99. The Morgan fingerprint density at radius 1 is 1.21 bits per heavy atom. The standard InChI is InChI=1S/C10H7Cl2NO/c1-14-9-3-2-8(11)7-5-13-10(12)4-6(7)9/h2-5H,1H3. The van der Waals surface area contributed by atoms with Gasteiger partial charge in [0.1, 0.15) is 10.9 Å². The largest absolute Gasteiger partial charge is 0.496 e. The first-order chi connectivity index (χ1) is 6.72. The van der Waals surface area contributed by atoms with E-state index in [0.29, 0.717) is 10.2 Å². The van der Waals surface area contributed by atoms with Crippen molar-refractivity contribution in [1.82, 2.24) is 4.98 Å². The summed E-state index contributed by atoms with van der Waals surface area (Å²) >= 11 is 11.8. The maximum Gasteiger partial charge on any atom is 0.129 e. The second kappa shape index (κ2) is 3.64. The molecular weight excluding hydrogens is 221 g/mol. The monoisotopic (exact) mass is 227 g/mol. The van der Waals surface area contributed by atoms with Crippen LogP contribution in [0.4, 0.5) is 0 Å². The average Bonchev–Trinajstić information content (AvgIpc) is 2.18. The van der Waals surface area contributed by atoms with Crippen LogP contribution in [0.15, 0.2) is 24.4 Å². The van der Waals surface area contributed by atoms with Gasteiger partial charge in [0.2, 0.25) is 0 Å². The van der Waals surface area contributed by atoms with Crippen LogP contribution in [-0.4, -0.2) is 12.1 Å². The molecule has 2 rings (SSSR count). The average molecular weight is 228 g/mol. The number of rotatable bonds is 1. The first-order valence-corrected chi connectivity index (χ1v) is 4.75. The van der Waals surface area contributed by atoms with Gasteiger partial charge in [-0.2, -0.15) is 0 Å². The van der Waals surface area contributed by atoms with Crippen molar-refractivity contribution in [2.75, 3.05) is 7.11 Å². The first-order valence-electron chi connectivity index (χ1n) is 4.00. The van der Waals surface area contributed by atoms with Crippen LogP contribution in [0.5, 0.6) is 5.75 Å². The summed E-state index contributed by atoms with van der Waals surface area (Å²) in [5.74, 6) is 0.744. The summed E-state index contributed by atoms with van der Waals surface area (Å²) in [6.07, 6.45) is 1.64. The van der Waals surface area contributed by atoms with Crippen LogP contribution in [0.1, 0.15) is 0 Å². The van der Waals surface area contributed by atoms with Gasteiger partial charge in [-0.15, -0.1) is 0 Å². The van der Waals surface area contributed by atoms with Crippen molar-refractivity contribution < 1.29 is 4.74 Å². The second-order valence-corrected chi connectivity index (χ2v) is 3.60. The lowest BCUT2D eigenvalue weighted by molar-refractivity contribution is 0.420. The third-order valence-corrected chi connectivity index (χ3v) is 2.53. The normalized spacial score (nSPS) is 10.5. The highest BCUT2D eigenvalue weighted by Gasteiger charge is 2.05. The number of nitrogens with zero attached hydrogens (tertiary/aromatic N) is 1. The summed E-state index contributed by atoms with van der Waals surface area (Å²) in [5, 5.41) is 2.79. The van der Waals surface area contributed by atoms with Gasteiger partial charge in [0.15, 0.2) is 0 Å². The summed E-state index contributed by atoms with van der Waals surface area (Å²) in [4.78, 5) is 3.97. The summed E-state index contributed by atoms with van der Waals surface area (Å²) in [6, 6.07) is 5.32. The summed E-state index contributed by atoms with van der Waals surface area (Å²) < 4.78 is 5.19. The maximum atomic E-state index is 6.00. The Morgan fingerprint density at radius 3 is 2.71 bits per heavy atom. The van der Waals surface area contributed by atoms with Crippen molar-refractivity contribution >= 4 is 34.0 Å². The number of ether oxygens (including phenoxy) is 1. The van der Waals surface area contributed by atoms with E-state index in [2.05, 4.69) is 4.98 Å². The highest BCUT2D eigenvalue weighted by Crippen LogP contribution is 2.31. The molecule has 0 atom stereocenters. The Morgan fingerprint density at radius 2 is 2.00 bits per heavy atom. The second-order valence-electron chi connectivity index (χ2n) is 2.80. The van der Waals surface area contributed by atoms with E-state index in [4.69, 9.17) is 27.9 Å². The summed E-state index contributed by atoms with van der Waals surface area (Å²) in [5.41, 5.74) is 0. The van der Waals surface area contributed by atoms with E-state index in [1.54, 1.807) is 31.5 Å². The Labute approximate surface area is 91.4 Å². The van der Waals surface area contributed by atoms with Crippen molar-refractivity contribution in [2.24, 2.45) is 0 Å². The molecule has 0 aliphatic rings. The van der Waals surface area contributed by atoms with Crippen LogP contribution in [0, 0.1) is 0 Å². The van der Waals surface area contributed by atoms with Crippen LogP contribution in [-0.2, 0) is 0 Å². The lowest BCUT2D eigenvalue weighted by atomic mass is 10.1. The molecule has 0 fully saturated rings. The predicted molar refractivity (Wildman–Crippen MR) is 58.3 cm³/mol. The fraction of sp³-hybridized carbons (Fsp3) is 0.100. The van der Waals surface area contributed by atoms with Crippen molar-refractivity contribution in [1.29, 1.82) is 0 Å². The molecule has 72 valence electrons. The minimum absolute atomic E-state index is 0.429. The van der Waals surface area contributed by atoms with E-state index in [1.807, 2.05) is 0 Å². The van der Waals surface area contributed by atoms with Gasteiger partial charge in [-0.05, 0) is 18.2 Å². The van der Waals surface area contributed by atoms with E-state index < -0.39 is 0 Å². The lowest BCUT2D eigenvalue weighted by Gasteiger charge is -2.06. The molecule has 2 nitrogen and oxygen atoms in total. The Bertz CT molecular complexity index is 485. The van der Waals surface area contributed by atoms with Gasteiger partial charge in [-0.1, -0.05) is 23.2 Å². The molecule has 2 aromatic rings. The molecule has 1 aromatic heterocycles. The molecule has 0 radical (unpaired) electrons. The molecule has 0 bridgehead atoms. The van der Waals surface area contributed by atoms with Crippen LogP contribution in [0.2, 0.25) is 10.2 Å². The van der Waals surface area contributed by atoms with E-state index in [-0.39, 0.29) is 0 Å². The maximum absolute atomic E-state index is 6.00. The van der Waals surface area contributed by atoms with Crippen molar-refractivity contribution in [3.8, 4) is 5.75 Å². The Hall–Kier alpha value is -0.990. The van der Waals surface area contributed by atoms with Crippen LogP contribution in [0.3, 0.4) is 0 Å². The number of hydrogen-bond acceptors (Lipinski definition) is 2. The van der Waals surface area contributed by atoms with Gasteiger partial charge in [-0.25, -0.2) is 4.98 Å². The fourth-order valence-electron chi connectivity index (χ4n) is 1.33. The minimum atomic E-state index is 0.429. The number of hydrogen-bond donors (Lipinski definition) is 0. The van der Waals surface area contributed by atoms with Gasteiger partial charge in [0, 0.05) is 17.0 Å². The molecule has 0 aliphatic carbocycles. The Kier molecular flexibility index (Phi) is 2.48. The molecule has 0 aliphatic heterocycles. The number of methoxy groups -OCH3 is 1. The van der Waals surface area contributed by atoms with Gasteiger partial charge >= 0.3 is 0 Å². The lowest BCUT2D eigenvalue weighted by Crippen LogP contribution is -1.86. The predicted octanol–water partition coefficient (Wildman–Crippen LogP) is 3.55. The fourth-order valence-corrected chi connectivity index (χ4v) is 1.70. The molecule has 0 N–H and O–H groups in total. The number of benzene rings is 1. The van der Waals surface area contributed by atoms with Crippen molar-refractivity contribution in [3.05, 3.63) is 34.6 Å². The van der Waals surface area contributed by atoms with E-state index in [0.717, 1.165) is 16.5 Å². The zero-order valence-corrected chi connectivity index (χ0v) is 8.93. The topological polar surface area (TPSA) is 22.1 Å². The van der Waals surface area contributed by atoms with Crippen molar-refractivity contribution in [2.45, 2.75) is 0 Å². The number of pyridine rings is 1. The minimum Gasteiger partial charge on any atom is -0.496 e. The molecule has 0 amide bonds. The molecule has 0 spiro atoms. The number of aromatic nitrogens is 1. The SMILES string of the molecule is COc1ccc(Cl)c2cnc(Cl)cc12. The third kappa shape index (κ3) is 1.51. The van der Waals surface area contributed by atoms with Gasteiger partial charge in [0.25, 0.3) is 0 Å². The van der Waals surface area contributed by atoms with Gasteiger partial charge in [-0.3, -0.25) is 0 Å². The Balaban J connectivity index is 2.85. The molecule has 0 unspecified atom stereocenters. The summed E-state index contributed by atoms with van der Waals surface area (Å²) in [7, 11) is 1.61. The molecule has 4 heteroatoms. The number of halogens is 2. The first kappa shape index (κ1) is 9.56. The molecule has 14 heavy (non-hydrogen) atoms. The van der Waals surface area contributed by atoms with Crippen LogP contribution >= 0.6 is 23.2 Å². The highest BCUT2D eigenvalue weighted by molar-refractivity contribution is 6.36. The van der Waals surface area contributed by atoms with Gasteiger partial charge < -0.3 is 4.74 Å². The number of fused-ring (bicyclic) bond motifs is 1. The quantitative estimate of drug-likeness (QED) is 0.696. The van der Waals surface area contributed by atoms with Crippen LogP contribution < -0.4 is 4.74 Å². The van der Waals surface area contributed by atoms with Gasteiger partial charge in [0.05, 0.1) is 12.1 Å². The van der Waals surface area contributed by atoms with E-state index in [9.17, 15) is 0 Å². The zero-order chi connectivity index (χ0) is 10.1. The highest BCUT2D eigenvalue weighted by atomic mass is 35.5. The van der Waals surface area contributed by atoms with Crippen LogP contribution in [0.25, 0.3) is 10.8 Å². The van der Waals surface area contributed by atoms with Crippen molar-refractivity contribution in [3.63, 3.8) is 0 Å². The molecule has 0 saturated heterocycles. The summed E-state index contributed by atoms with van der Waals surface area (Å²) in [6.45, 7) is 0. The molecule has 1 aromatic carbocycles. The van der Waals surface area contributed by atoms with E-state index in [1.165, 1.54) is 0 Å². The zero-order valence-electron chi connectivity index (χ0n) is 7.42. The molecule has 1 heterocycles. The molecule has 0 saturated carbocycles. The van der Waals surface area contributed by atoms with E-state index >= 15 is 0 Å². The smallest absolute Gasteiger partial charge is 0.129 e.